The summed E-state index contributed by atoms with van der Waals surface area (Å²) in [7, 11) is 0. The molecule has 0 aliphatic heterocycles. The largest absolute Gasteiger partial charge is 0.368 e. The van der Waals surface area contributed by atoms with Crippen molar-refractivity contribution in [2.45, 2.75) is 19.8 Å². The lowest BCUT2D eigenvalue weighted by atomic mass is 10.3. The lowest BCUT2D eigenvalue weighted by molar-refractivity contribution is 0.831. The van der Waals surface area contributed by atoms with E-state index in [1.165, 1.54) is 6.42 Å². The van der Waals surface area contributed by atoms with Gasteiger partial charge in [-0.05, 0) is 25.3 Å². The van der Waals surface area contributed by atoms with Gasteiger partial charge in [-0.25, -0.2) is 4.98 Å². The maximum atomic E-state index is 4.18. The molecule has 70 valence electrons. The Morgan fingerprint density at radius 3 is 3.15 bits per heavy atom. The van der Waals surface area contributed by atoms with E-state index < -0.39 is 0 Å². The lowest BCUT2D eigenvalue weighted by Gasteiger charge is -2.05. The van der Waals surface area contributed by atoms with E-state index in [-0.39, 0.29) is 0 Å². The first-order valence-electron chi connectivity index (χ1n) is 4.54. The highest BCUT2D eigenvalue weighted by Gasteiger charge is 1.98. The van der Waals surface area contributed by atoms with Crippen molar-refractivity contribution >= 4 is 18.2 Å². The molecule has 0 saturated carbocycles. The van der Waals surface area contributed by atoms with Gasteiger partial charge in [-0.2, -0.15) is 0 Å². The molecule has 0 aromatic carbocycles. The Hall–Kier alpha value is -1.38. The van der Waals surface area contributed by atoms with Crippen molar-refractivity contribution in [3.8, 4) is 0 Å². The quantitative estimate of drug-likeness (QED) is 0.554. The van der Waals surface area contributed by atoms with E-state index in [2.05, 4.69) is 28.9 Å². The highest BCUT2D eigenvalue weighted by atomic mass is 15.0. The summed E-state index contributed by atoms with van der Waals surface area (Å²) in [5, 5.41) is 3.22. The fourth-order valence-electron chi connectivity index (χ4n) is 1.04. The summed E-state index contributed by atoms with van der Waals surface area (Å²) in [6.07, 6.45) is 4.08. The smallest absolute Gasteiger partial charge is 0.151 e. The third kappa shape index (κ3) is 2.86. The molecular weight excluding hydrogens is 162 g/mol. The minimum atomic E-state index is 0.818. The van der Waals surface area contributed by atoms with Gasteiger partial charge in [-0.1, -0.05) is 13.3 Å². The summed E-state index contributed by atoms with van der Waals surface area (Å²) in [4.78, 5) is 8.05. The highest BCUT2D eigenvalue weighted by Crippen LogP contribution is 2.20. The molecule has 0 atom stereocenters. The average Bonchev–Trinajstić information content (AvgIpc) is 2.19. The van der Waals surface area contributed by atoms with Crippen molar-refractivity contribution in [1.29, 1.82) is 0 Å². The van der Waals surface area contributed by atoms with E-state index in [1.807, 2.05) is 12.1 Å². The maximum absolute atomic E-state index is 4.18. The SMILES string of the molecule is C=Nc1cccnc1NCCCC. The topological polar surface area (TPSA) is 37.3 Å². The van der Waals surface area contributed by atoms with Crippen molar-refractivity contribution in [2.75, 3.05) is 11.9 Å². The summed E-state index contributed by atoms with van der Waals surface area (Å²) in [5.74, 6) is 0.825. The van der Waals surface area contributed by atoms with Crippen LogP contribution in [0.3, 0.4) is 0 Å². The molecule has 0 fully saturated rings. The number of unbranched alkanes of at least 4 members (excludes halogenated alkanes) is 1. The van der Waals surface area contributed by atoms with Crippen LogP contribution in [0.4, 0.5) is 11.5 Å². The third-order valence-corrected chi connectivity index (χ3v) is 1.78. The second-order valence-corrected chi connectivity index (χ2v) is 2.81. The molecule has 0 spiro atoms. The molecule has 1 aromatic rings. The fraction of sp³-hybridized carbons (Fsp3) is 0.400. The van der Waals surface area contributed by atoms with Crippen molar-refractivity contribution < 1.29 is 0 Å². The second-order valence-electron chi connectivity index (χ2n) is 2.81. The fourth-order valence-corrected chi connectivity index (χ4v) is 1.04. The van der Waals surface area contributed by atoms with Crippen LogP contribution in [0.5, 0.6) is 0 Å². The van der Waals surface area contributed by atoms with Gasteiger partial charge in [0.15, 0.2) is 5.82 Å². The first-order chi connectivity index (χ1) is 6.38. The molecular formula is C10H15N3. The molecule has 0 amide bonds. The van der Waals surface area contributed by atoms with Gasteiger partial charge in [0, 0.05) is 12.7 Å². The van der Waals surface area contributed by atoms with E-state index in [1.54, 1.807) is 6.20 Å². The first kappa shape index (κ1) is 9.71. The number of hydrogen-bond acceptors (Lipinski definition) is 3. The van der Waals surface area contributed by atoms with Crippen molar-refractivity contribution in [1.82, 2.24) is 4.98 Å². The number of anilines is 1. The maximum Gasteiger partial charge on any atom is 0.151 e. The molecule has 1 N–H and O–H groups in total. The molecule has 3 heteroatoms. The predicted octanol–water partition coefficient (Wildman–Crippen LogP) is 2.63. The van der Waals surface area contributed by atoms with Gasteiger partial charge in [-0.3, -0.25) is 4.99 Å². The zero-order valence-corrected chi connectivity index (χ0v) is 7.95. The van der Waals surface area contributed by atoms with Gasteiger partial charge in [-0.15, -0.1) is 0 Å². The number of hydrogen-bond donors (Lipinski definition) is 1. The van der Waals surface area contributed by atoms with Crippen LogP contribution in [0.25, 0.3) is 0 Å². The van der Waals surface area contributed by atoms with Crippen LogP contribution in [0.2, 0.25) is 0 Å². The van der Waals surface area contributed by atoms with E-state index in [4.69, 9.17) is 0 Å². The van der Waals surface area contributed by atoms with Gasteiger partial charge in [0.2, 0.25) is 0 Å². The summed E-state index contributed by atoms with van der Waals surface area (Å²) >= 11 is 0. The zero-order valence-electron chi connectivity index (χ0n) is 7.95. The van der Waals surface area contributed by atoms with Gasteiger partial charge >= 0.3 is 0 Å². The lowest BCUT2D eigenvalue weighted by Crippen LogP contribution is -2.02. The number of rotatable bonds is 5. The molecule has 13 heavy (non-hydrogen) atoms. The average molecular weight is 177 g/mol. The Balaban J connectivity index is 2.59. The van der Waals surface area contributed by atoms with Gasteiger partial charge < -0.3 is 5.32 Å². The number of nitrogens with one attached hydrogen (secondary N) is 1. The highest BCUT2D eigenvalue weighted by molar-refractivity contribution is 5.62. The number of pyridine rings is 1. The molecule has 0 aliphatic rings. The van der Waals surface area contributed by atoms with Crippen molar-refractivity contribution in [3.05, 3.63) is 18.3 Å². The second kappa shape index (κ2) is 5.30. The van der Waals surface area contributed by atoms with Gasteiger partial charge in [0.05, 0.1) is 0 Å². The van der Waals surface area contributed by atoms with Gasteiger partial charge in [0.25, 0.3) is 0 Å². The van der Waals surface area contributed by atoms with Crippen LogP contribution < -0.4 is 5.32 Å². The van der Waals surface area contributed by atoms with Crippen molar-refractivity contribution in [3.63, 3.8) is 0 Å². The van der Waals surface area contributed by atoms with Crippen LogP contribution in [-0.4, -0.2) is 18.2 Å². The van der Waals surface area contributed by atoms with Crippen LogP contribution in [0.15, 0.2) is 23.3 Å². The molecule has 3 nitrogen and oxygen atoms in total. The van der Waals surface area contributed by atoms with Crippen LogP contribution in [-0.2, 0) is 0 Å². The Morgan fingerprint density at radius 1 is 1.62 bits per heavy atom. The summed E-state index contributed by atoms with van der Waals surface area (Å²) < 4.78 is 0. The molecule has 1 rings (SSSR count). The minimum Gasteiger partial charge on any atom is -0.368 e. The standard InChI is InChI=1S/C10H15N3/c1-3-4-7-12-10-9(11-2)6-5-8-13-10/h5-6,8H,2-4,7H2,1H3,(H,12,13). The number of nitrogens with zero attached hydrogens (tertiary/aromatic N) is 2. The number of aromatic nitrogens is 1. The summed E-state index contributed by atoms with van der Waals surface area (Å²) in [5.41, 5.74) is 0.818. The Kier molecular flexibility index (Phi) is 3.96. The predicted molar refractivity (Wildman–Crippen MR) is 56.8 cm³/mol. The Morgan fingerprint density at radius 2 is 2.46 bits per heavy atom. The third-order valence-electron chi connectivity index (χ3n) is 1.78. The molecule has 0 aliphatic carbocycles. The minimum absolute atomic E-state index is 0.818. The molecule has 0 saturated heterocycles. The molecule has 1 aromatic heterocycles. The van der Waals surface area contributed by atoms with E-state index in [9.17, 15) is 0 Å². The molecule has 0 unspecified atom stereocenters. The monoisotopic (exact) mass is 177 g/mol. The number of aliphatic imine (C=N–C) groups is 1. The van der Waals surface area contributed by atoms with Crippen LogP contribution in [0, 0.1) is 0 Å². The molecule has 0 radical (unpaired) electrons. The van der Waals surface area contributed by atoms with E-state index in [0.717, 1.165) is 24.5 Å². The Labute approximate surface area is 78.9 Å². The summed E-state index contributed by atoms with van der Waals surface area (Å²) in [6.45, 7) is 6.59. The Bertz CT molecular complexity index is 271. The zero-order chi connectivity index (χ0) is 9.52. The van der Waals surface area contributed by atoms with Gasteiger partial charge in [0.1, 0.15) is 5.69 Å². The van der Waals surface area contributed by atoms with E-state index >= 15 is 0 Å². The van der Waals surface area contributed by atoms with Crippen LogP contribution in [0.1, 0.15) is 19.8 Å². The van der Waals surface area contributed by atoms with E-state index in [0.29, 0.717) is 0 Å². The summed E-state index contributed by atoms with van der Waals surface area (Å²) in [6, 6.07) is 3.75. The molecule has 0 bridgehead atoms. The first-order valence-corrected chi connectivity index (χ1v) is 4.54. The van der Waals surface area contributed by atoms with Crippen LogP contribution >= 0.6 is 0 Å². The normalized spacial score (nSPS) is 9.62. The van der Waals surface area contributed by atoms with Crippen molar-refractivity contribution in [2.24, 2.45) is 4.99 Å². The molecule has 1 heterocycles.